The van der Waals surface area contributed by atoms with Crippen LogP contribution in [0.1, 0.15) is 16.6 Å². The fraction of sp³-hybridized carbons (Fsp3) is 0.333. The van der Waals surface area contributed by atoms with Crippen molar-refractivity contribution >= 4 is 34.2 Å². The van der Waals surface area contributed by atoms with Crippen LogP contribution in [-0.4, -0.2) is 50.9 Å². The molecule has 1 aliphatic heterocycles. The van der Waals surface area contributed by atoms with E-state index >= 15 is 0 Å². The molecule has 28 heavy (non-hydrogen) atoms. The van der Waals surface area contributed by atoms with Crippen LogP contribution in [0.2, 0.25) is 0 Å². The van der Waals surface area contributed by atoms with Crippen LogP contribution >= 0.6 is 11.5 Å². The molecule has 1 aliphatic rings. The quantitative estimate of drug-likeness (QED) is 0.711. The van der Waals surface area contributed by atoms with Crippen molar-refractivity contribution in [2.75, 3.05) is 31.1 Å². The van der Waals surface area contributed by atoms with E-state index in [1.54, 1.807) is 24.0 Å². The molecule has 10 heteroatoms. The summed E-state index contributed by atoms with van der Waals surface area (Å²) in [6.45, 7) is 4.09. The van der Waals surface area contributed by atoms with Crippen LogP contribution in [-0.2, 0) is 6.54 Å². The summed E-state index contributed by atoms with van der Waals surface area (Å²) in [5, 5.41) is 0. The lowest BCUT2D eigenvalue weighted by Crippen LogP contribution is -2.48. The Hall–Kier alpha value is -3.01. The number of aromatic amines is 1. The number of fused-ring (bicyclic) bond motifs is 1. The molecule has 4 rings (SSSR count). The highest BCUT2D eigenvalue weighted by Crippen LogP contribution is 2.22. The third kappa shape index (κ3) is 3.09. The first kappa shape index (κ1) is 18.4. The molecule has 0 bridgehead atoms. The number of carbonyl (C=O) groups is 1. The molecule has 1 fully saturated rings. The molecular formula is C18H18FN5O3S. The fourth-order valence-corrected chi connectivity index (χ4v) is 4.14. The lowest BCUT2D eigenvalue weighted by atomic mass is 10.2. The maximum atomic E-state index is 13.1. The number of nitrogens with zero attached hydrogens (tertiary/aromatic N) is 4. The van der Waals surface area contributed by atoms with E-state index < -0.39 is 11.2 Å². The number of rotatable bonds is 3. The first-order valence-electron chi connectivity index (χ1n) is 8.92. The van der Waals surface area contributed by atoms with Gasteiger partial charge in [-0.25, -0.2) is 9.18 Å². The monoisotopic (exact) mass is 403 g/mol. The molecular weight excluding hydrogens is 385 g/mol. The van der Waals surface area contributed by atoms with Gasteiger partial charge >= 0.3 is 5.69 Å². The van der Waals surface area contributed by atoms with Gasteiger partial charge in [0, 0.05) is 38.4 Å². The summed E-state index contributed by atoms with van der Waals surface area (Å²) in [6, 6.07) is 6.26. The second kappa shape index (κ2) is 7.19. The summed E-state index contributed by atoms with van der Waals surface area (Å²) in [5.41, 5.74) is 0.185. The summed E-state index contributed by atoms with van der Waals surface area (Å²) in [5.74, 6) is -0.540. The van der Waals surface area contributed by atoms with E-state index in [2.05, 4.69) is 14.3 Å². The number of piperazine rings is 1. The first-order valence-corrected chi connectivity index (χ1v) is 9.69. The van der Waals surface area contributed by atoms with Gasteiger partial charge in [0.1, 0.15) is 10.7 Å². The largest absolute Gasteiger partial charge is 0.368 e. The zero-order valence-corrected chi connectivity index (χ0v) is 16.0. The minimum atomic E-state index is -0.546. The summed E-state index contributed by atoms with van der Waals surface area (Å²) in [7, 11) is 0. The molecule has 1 aromatic carbocycles. The van der Waals surface area contributed by atoms with E-state index in [0.717, 1.165) is 21.8 Å². The topological polar surface area (TPSA) is 91.3 Å². The van der Waals surface area contributed by atoms with Crippen molar-refractivity contribution in [2.24, 2.45) is 0 Å². The number of hydrogen-bond acceptors (Lipinski definition) is 6. The number of halogens is 1. The third-order valence-electron chi connectivity index (χ3n) is 4.89. The standard InChI is InChI=1S/C18H18FN5O3S/c1-2-24-16(25)14-13(20-18(24)27)15(28-21-14)17(26)23-9-7-22(8-10-23)12-5-3-11(19)4-6-12/h3-6H,2,7-10H2,1H3,(H,20,27). The summed E-state index contributed by atoms with van der Waals surface area (Å²) in [6.07, 6.45) is 0. The van der Waals surface area contributed by atoms with Gasteiger partial charge in [0.2, 0.25) is 0 Å². The predicted molar refractivity (Wildman–Crippen MR) is 105 cm³/mol. The van der Waals surface area contributed by atoms with Crippen molar-refractivity contribution in [3.8, 4) is 0 Å². The highest BCUT2D eigenvalue weighted by molar-refractivity contribution is 7.09. The van der Waals surface area contributed by atoms with Gasteiger partial charge in [-0.3, -0.25) is 14.2 Å². The Kier molecular flexibility index (Phi) is 4.71. The fourth-order valence-electron chi connectivity index (χ4n) is 3.34. The molecule has 0 aliphatic carbocycles. The lowest BCUT2D eigenvalue weighted by molar-refractivity contribution is 0.0753. The SMILES string of the molecule is CCn1c(=O)[nH]c2c(C(=O)N3CCN(c4ccc(F)cc4)CC3)snc2c1=O. The normalized spacial score (nSPS) is 14.6. The summed E-state index contributed by atoms with van der Waals surface area (Å²) in [4.78, 5) is 44.0. The number of anilines is 1. The maximum absolute atomic E-state index is 13.1. The lowest BCUT2D eigenvalue weighted by Gasteiger charge is -2.35. The average Bonchev–Trinajstić information content (AvgIpc) is 3.12. The number of benzene rings is 1. The zero-order chi connectivity index (χ0) is 19.8. The average molecular weight is 403 g/mol. The van der Waals surface area contributed by atoms with Crippen molar-refractivity contribution in [2.45, 2.75) is 13.5 Å². The van der Waals surface area contributed by atoms with Gasteiger partial charge in [-0.2, -0.15) is 4.37 Å². The molecule has 0 saturated carbocycles. The number of hydrogen-bond donors (Lipinski definition) is 1. The van der Waals surface area contributed by atoms with Gasteiger partial charge in [0.05, 0.1) is 5.52 Å². The van der Waals surface area contributed by atoms with Gasteiger partial charge in [-0.1, -0.05) is 0 Å². The first-order chi connectivity index (χ1) is 13.5. The van der Waals surface area contributed by atoms with Crippen LogP contribution in [0, 0.1) is 5.82 Å². The Balaban J connectivity index is 1.55. The Labute approximate surface area is 163 Å². The number of carbonyl (C=O) groups excluding carboxylic acids is 1. The zero-order valence-electron chi connectivity index (χ0n) is 15.1. The molecule has 1 amide bonds. The molecule has 0 unspecified atom stereocenters. The highest BCUT2D eigenvalue weighted by atomic mass is 32.1. The minimum Gasteiger partial charge on any atom is -0.368 e. The molecule has 2 aromatic heterocycles. The Morgan fingerprint density at radius 3 is 2.50 bits per heavy atom. The van der Waals surface area contributed by atoms with E-state index in [1.807, 2.05) is 0 Å². The van der Waals surface area contributed by atoms with Gasteiger partial charge in [0.25, 0.3) is 11.5 Å². The molecule has 3 aromatic rings. The number of nitrogens with one attached hydrogen (secondary N) is 1. The molecule has 3 heterocycles. The van der Waals surface area contributed by atoms with Gasteiger partial charge in [-0.15, -0.1) is 0 Å². The van der Waals surface area contributed by atoms with E-state index in [4.69, 9.17) is 0 Å². The van der Waals surface area contributed by atoms with E-state index in [1.165, 1.54) is 12.1 Å². The van der Waals surface area contributed by atoms with Crippen molar-refractivity contribution < 1.29 is 9.18 Å². The van der Waals surface area contributed by atoms with Crippen molar-refractivity contribution in [1.29, 1.82) is 0 Å². The van der Waals surface area contributed by atoms with E-state index in [-0.39, 0.29) is 34.2 Å². The van der Waals surface area contributed by atoms with Crippen LogP contribution < -0.4 is 16.1 Å². The molecule has 0 spiro atoms. The van der Waals surface area contributed by atoms with Gasteiger partial charge < -0.3 is 14.8 Å². The molecule has 0 radical (unpaired) electrons. The number of H-pyrrole nitrogens is 1. The van der Waals surface area contributed by atoms with Crippen LogP contribution in [0.5, 0.6) is 0 Å². The van der Waals surface area contributed by atoms with Gasteiger partial charge in [0.15, 0.2) is 5.52 Å². The van der Waals surface area contributed by atoms with Gasteiger partial charge in [-0.05, 0) is 42.7 Å². The van der Waals surface area contributed by atoms with E-state index in [9.17, 15) is 18.8 Å². The molecule has 1 N–H and O–H groups in total. The second-order valence-corrected chi connectivity index (χ2v) is 7.24. The molecule has 8 nitrogen and oxygen atoms in total. The minimum absolute atomic E-state index is 0.111. The molecule has 0 atom stereocenters. The Bertz CT molecular complexity index is 1140. The van der Waals surface area contributed by atoms with Crippen molar-refractivity contribution in [3.05, 3.63) is 55.8 Å². The summed E-state index contributed by atoms with van der Waals surface area (Å²) >= 11 is 0.925. The summed E-state index contributed by atoms with van der Waals surface area (Å²) < 4.78 is 18.2. The predicted octanol–water partition coefficient (Wildman–Crippen LogP) is 1.27. The highest BCUT2D eigenvalue weighted by Gasteiger charge is 2.26. The smallest absolute Gasteiger partial charge is 0.328 e. The third-order valence-corrected chi connectivity index (χ3v) is 5.72. The van der Waals surface area contributed by atoms with Crippen LogP contribution in [0.15, 0.2) is 33.9 Å². The van der Waals surface area contributed by atoms with Crippen LogP contribution in [0.25, 0.3) is 11.0 Å². The second-order valence-electron chi connectivity index (χ2n) is 6.47. The maximum Gasteiger partial charge on any atom is 0.328 e. The molecule has 146 valence electrons. The van der Waals surface area contributed by atoms with Crippen molar-refractivity contribution in [1.82, 2.24) is 18.8 Å². The number of amides is 1. The van der Waals surface area contributed by atoms with Crippen LogP contribution in [0.3, 0.4) is 0 Å². The number of aromatic nitrogens is 3. The molecule has 1 saturated heterocycles. The van der Waals surface area contributed by atoms with Crippen LogP contribution in [0.4, 0.5) is 10.1 Å². The Morgan fingerprint density at radius 2 is 1.86 bits per heavy atom. The van der Waals surface area contributed by atoms with Crippen molar-refractivity contribution in [3.63, 3.8) is 0 Å². The Morgan fingerprint density at radius 1 is 1.18 bits per heavy atom. The van der Waals surface area contributed by atoms with E-state index in [0.29, 0.717) is 26.2 Å².